The molecule has 0 saturated carbocycles. The van der Waals surface area contributed by atoms with Gasteiger partial charge < -0.3 is 0 Å². The van der Waals surface area contributed by atoms with Crippen molar-refractivity contribution in [2.75, 3.05) is 0 Å². The molecule has 0 aliphatic carbocycles. The van der Waals surface area contributed by atoms with E-state index in [9.17, 15) is 0 Å². The van der Waals surface area contributed by atoms with E-state index in [1.165, 1.54) is 0 Å². The Morgan fingerprint density at radius 2 is 0.0769 bits per heavy atom. The topological polar surface area (TPSA) is 0 Å². The largest absolute Gasteiger partial charge is 0 e. The van der Waals surface area contributed by atoms with Crippen molar-refractivity contribution < 1.29 is 214 Å². The minimum absolute atomic E-state index is 0. The molecule has 13 heteroatoms. The third kappa shape index (κ3) is 121. The first kappa shape index (κ1) is 160. The van der Waals surface area contributed by atoms with Crippen LogP contribution in [-0.4, -0.2) is 0 Å². The minimum Gasteiger partial charge on any atom is 0 e. The van der Waals surface area contributed by atoms with E-state index in [-0.39, 0.29) is 214 Å². The van der Waals surface area contributed by atoms with Gasteiger partial charge in [-0.1, -0.05) is 0 Å². The maximum atomic E-state index is 0. The molecule has 0 aromatic rings. The van der Waals surface area contributed by atoms with Crippen LogP contribution in [0.5, 0.6) is 0 Å². The Kier molecular flexibility index (Phi) is 1670. The third-order valence-electron chi connectivity index (χ3n) is 0. The zero-order valence-electron chi connectivity index (χ0n) is 4.11. The van der Waals surface area contributed by atoms with Crippen molar-refractivity contribution in [1.82, 2.24) is 0 Å². The summed E-state index contributed by atoms with van der Waals surface area (Å²) in [6.45, 7) is 0. The Morgan fingerprint density at radius 3 is 0.0769 bits per heavy atom. The molecule has 0 bridgehead atoms. The molecule has 0 radical (unpaired) electrons. The number of hydrogen-bond donors (Lipinski definition) is 0. The van der Waals surface area contributed by atoms with Crippen molar-refractivity contribution in [2.45, 2.75) is 0 Å². The smallest absolute Gasteiger partial charge is 0 e. The molecule has 0 N–H and O–H groups in total. The van der Waals surface area contributed by atoms with E-state index in [0.717, 1.165) is 0 Å². The van der Waals surface area contributed by atoms with Crippen LogP contribution < -0.4 is 0 Å². The Morgan fingerprint density at radius 1 is 0.0769 bits per heavy atom. The Bertz CT molecular complexity index is 0. The van der Waals surface area contributed by atoms with E-state index in [4.69, 9.17) is 0 Å². The molecule has 0 aromatic heterocycles. The molecule has 0 amide bonds. The molecule has 0 nitrogen and oxygen atoms in total. The average molecular weight is 763 g/mol. The molecule has 130 valence electrons. The Hall–Kier alpha value is 6.42. The second-order valence-corrected chi connectivity index (χ2v) is 0. The van der Waals surface area contributed by atoms with Crippen LogP contribution in [0.3, 0.4) is 0 Å². The summed E-state index contributed by atoms with van der Waals surface area (Å²) in [6.07, 6.45) is 0. The Balaban J connectivity index is 0. The molecule has 0 saturated heterocycles. The minimum atomic E-state index is 0. The number of hydrogen-bond acceptors (Lipinski definition) is 0. The van der Waals surface area contributed by atoms with Crippen LogP contribution in [0.1, 0.15) is 0 Å². The van der Waals surface area contributed by atoms with Crippen molar-refractivity contribution in [3.05, 3.63) is 0 Å². The average Bonchev–Trinajstić information content (AvgIpc) is 0. The number of rotatable bonds is 0. The van der Waals surface area contributed by atoms with E-state index >= 15 is 0 Å². The van der Waals surface area contributed by atoms with Gasteiger partial charge >= 0.3 is 0 Å². The van der Waals surface area contributed by atoms with Gasteiger partial charge in [0.05, 0.1) is 0 Å². The van der Waals surface area contributed by atoms with Crippen LogP contribution in [0.25, 0.3) is 0 Å². The van der Waals surface area contributed by atoms with Crippen molar-refractivity contribution in [2.24, 2.45) is 0 Å². The Labute approximate surface area is 210 Å². The van der Waals surface area contributed by atoms with E-state index in [1.807, 2.05) is 0 Å². The van der Waals surface area contributed by atoms with E-state index in [0.29, 0.717) is 0 Å². The van der Waals surface area contributed by atoms with Crippen LogP contribution in [0.2, 0.25) is 0 Å². The summed E-state index contributed by atoms with van der Waals surface area (Å²) in [5.41, 5.74) is 0. The van der Waals surface area contributed by atoms with Gasteiger partial charge in [0.15, 0.2) is 0 Å². The van der Waals surface area contributed by atoms with Crippen LogP contribution in [0.4, 0.5) is 0 Å². The summed E-state index contributed by atoms with van der Waals surface area (Å²) in [7, 11) is 0. The van der Waals surface area contributed by atoms with E-state index < -0.39 is 0 Å². The van der Waals surface area contributed by atoms with Gasteiger partial charge in [-0.3, -0.25) is 0 Å². The fourth-order valence-corrected chi connectivity index (χ4v) is 0. The van der Waals surface area contributed by atoms with Crippen LogP contribution in [0.15, 0.2) is 0 Å². The van der Waals surface area contributed by atoms with Crippen molar-refractivity contribution in [1.29, 1.82) is 0 Å². The summed E-state index contributed by atoms with van der Waals surface area (Å²) in [4.78, 5) is 0. The summed E-state index contributed by atoms with van der Waals surface area (Å²) in [5.74, 6) is 0. The van der Waals surface area contributed by atoms with Gasteiger partial charge in [-0.25, -0.2) is 0 Å². The van der Waals surface area contributed by atoms with Crippen LogP contribution in [0, 0.1) is 0 Å². The molecule has 13 heavy (non-hydrogen) atoms. The molecule has 0 unspecified atom stereocenters. The standard InChI is InChI=1S/13Ni. The maximum absolute atomic E-state index is 0. The SMILES string of the molecule is [Ni].[Ni].[Ni].[Ni].[Ni].[Ni].[Ni].[Ni].[Ni].[Ni].[Ni].[Ni].[Ni]. The van der Waals surface area contributed by atoms with Gasteiger partial charge in [0, 0.05) is 214 Å². The predicted molar refractivity (Wildman–Crippen MR) is 0 cm³/mol. The molecule has 0 atom stereocenters. The molecule has 0 spiro atoms. The molecule has 0 fully saturated rings. The summed E-state index contributed by atoms with van der Waals surface area (Å²) >= 11 is 0. The first-order valence-electron chi connectivity index (χ1n) is 0. The molecular weight excluding hydrogens is 763 g/mol. The van der Waals surface area contributed by atoms with Crippen LogP contribution in [-0.2, 0) is 214 Å². The molecule has 0 aliphatic heterocycles. The first-order valence-corrected chi connectivity index (χ1v) is 0. The van der Waals surface area contributed by atoms with E-state index in [2.05, 4.69) is 0 Å². The van der Waals surface area contributed by atoms with Crippen molar-refractivity contribution in [3.8, 4) is 0 Å². The molecule has 0 aromatic carbocycles. The third-order valence-corrected chi connectivity index (χ3v) is 0. The molecule has 0 heterocycles. The fraction of sp³-hybridized carbons (Fsp3) is 0. The van der Waals surface area contributed by atoms with Gasteiger partial charge in [-0.15, -0.1) is 0 Å². The van der Waals surface area contributed by atoms with Crippen molar-refractivity contribution in [3.63, 3.8) is 0 Å². The summed E-state index contributed by atoms with van der Waals surface area (Å²) < 4.78 is 0. The van der Waals surface area contributed by atoms with Gasteiger partial charge in [-0.2, -0.15) is 0 Å². The summed E-state index contributed by atoms with van der Waals surface area (Å²) in [6, 6.07) is 0. The monoisotopic (exact) mass is 753 g/mol. The normalized spacial score (nSPS) is 0. The van der Waals surface area contributed by atoms with Gasteiger partial charge in [0.25, 0.3) is 0 Å². The van der Waals surface area contributed by atoms with Gasteiger partial charge in [0.1, 0.15) is 0 Å². The van der Waals surface area contributed by atoms with E-state index in [1.54, 1.807) is 0 Å². The predicted octanol–water partition coefficient (Wildman–Crippen LogP) is -0.0325. The first-order chi connectivity index (χ1) is 0. The molecule has 0 aliphatic rings. The summed E-state index contributed by atoms with van der Waals surface area (Å²) in [5, 5.41) is 0. The van der Waals surface area contributed by atoms with Gasteiger partial charge in [0.2, 0.25) is 0 Å². The maximum Gasteiger partial charge on any atom is 0 e. The van der Waals surface area contributed by atoms with Gasteiger partial charge in [-0.05, 0) is 0 Å². The van der Waals surface area contributed by atoms with Crippen molar-refractivity contribution >= 4 is 0 Å². The quantitative estimate of drug-likeness (QED) is 0.305. The van der Waals surface area contributed by atoms with Crippen LogP contribution >= 0.6 is 0 Å². The molecular formula is Ni13. The fourth-order valence-electron chi connectivity index (χ4n) is 0. The second-order valence-electron chi connectivity index (χ2n) is 0. The second kappa shape index (κ2) is 136. The molecule has 0 rings (SSSR count). The zero-order chi connectivity index (χ0) is 0. The zero-order valence-corrected chi connectivity index (χ0v) is 16.9.